The number of carboxylic acids is 1. The van der Waals surface area contributed by atoms with Gasteiger partial charge in [-0.1, -0.05) is 30.3 Å². The van der Waals surface area contributed by atoms with Gasteiger partial charge in [0.05, 0.1) is 41.8 Å². The molecule has 1 saturated heterocycles. The molecule has 0 aliphatic carbocycles. The number of aromatic carboxylic acids is 1. The van der Waals surface area contributed by atoms with E-state index < -0.39 is 5.97 Å². The van der Waals surface area contributed by atoms with Crippen molar-refractivity contribution in [3.63, 3.8) is 0 Å². The summed E-state index contributed by atoms with van der Waals surface area (Å²) in [5.41, 5.74) is 4.96. The Hall–Kier alpha value is -4.70. The van der Waals surface area contributed by atoms with Crippen LogP contribution < -0.4 is 15.4 Å². The SMILES string of the molecule is COc1ccccc1NC(=O)CCN1C(=S)N[C@@H](c2ccccn2)[C@@H]1c1cc(C)n(-c2ccccc2C(=O)O)c1C. The molecule has 5 rings (SSSR count). The summed E-state index contributed by atoms with van der Waals surface area (Å²) in [6, 6.07) is 21.5. The number of hydrogen-bond donors (Lipinski definition) is 3. The Bertz CT molecular complexity index is 1600. The molecule has 0 radical (unpaired) electrons. The first-order valence-electron chi connectivity index (χ1n) is 13.2. The van der Waals surface area contributed by atoms with Crippen molar-refractivity contribution in [3.8, 4) is 11.4 Å². The fourth-order valence-corrected chi connectivity index (χ4v) is 5.81. The number of aromatic nitrogens is 2. The molecule has 1 amide bonds. The van der Waals surface area contributed by atoms with Gasteiger partial charge < -0.3 is 29.9 Å². The highest BCUT2D eigenvalue weighted by molar-refractivity contribution is 7.80. The number of carboxylic acid groups (broad SMARTS) is 1. The Morgan fingerprint density at radius 1 is 1.07 bits per heavy atom. The van der Waals surface area contributed by atoms with Crippen LogP contribution in [0.4, 0.5) is 5.69 Å². The van der Waals surface area contributed by atoms with Gasteiger partial charge in [0.2, 0.25) is 5.91 Å². The van der Waals surface area contributed by atoms with Crippen LogP contribution in [0.1, 0.15) is 51.5 Å². The zero-order chi connectivity index (χ0) is 29.1. The third kappa shape index (κ3) is 5.51. The van der Waals surface area contributed by atoms with Crippen molar-refractivity contribution < 1.29 is 19.4 Å². The standard InChI is InChI=1S/C31H31N5O4S/c1-19-18-22(20(2)36(19)25-13-6-4-10-21(25)30(38)39)29-28(24-12-8-9-16-32-24)34-31(41)35(29)17-15-27(37)33-23-11-5-7-14-26(23)40-3/h4-14,16,18,28-29H,15,17H2,1-3H3,(H,33,37)(H,34,41)(H,38,39)/t28-,29-/m0/s1. The van der Waals surface area contributed by atoms with Crippen LogP contribution in [0.25, 0.3) is 5.69 Å². The third-order valence-corrected chi connectivity index (χ3v) is 7.68. The van der Waals surface area contributed by atoms with Gasteiger partial charge in [0.1, 0.15) is 5.75 Å². The van der Waals surface area contributed by atoms with Crippen LogP contribution >= 0.6 is 12.2 Å². The Labute approximate surface area is 243 Å². The lowest BCUT2D eigenvalue weighted by molar-refractivity contribution is -0.116. The predicted octanol–water partition coefficient (Wildman–Crippen LogP) is 5.20. The maximum Gasteiger partial charge on any atom is 0.337 e. The van der Waals surface area contributed by atoms with E-state index in [0.29, 0.717) is 28.8 Å². The van der Waals surface area contributed by atoms with E-state index in [0.717, 1.165) is 22.6 Å². The first-order valence-corrected chi connectivity index (χ1v) is 13.6. The minimum Gasteiger partial charge on any atom is -0.495 e. The van der Waals surface area contributed by atoms with Crippen molar-refractivity contribution in [3.05, 3.63) is 107 Å². The number of anilines is 1. The van der Waals surface area contributed by atoms with Crippen molar-refractivity contribution in [1.29, 1.82) is 0 Å². The number of carbonyl (C=O) groups excluding carboxylic acids is 1. The molecular formula is C31H31N5O4S. The number of rotatable bonds is 9. The van der Waals surface area contributed by atoms with Gasteiger partial charge in [-0.15, -0.1) is 0 Å². The molecule has 1 aliphatic heterocycles. The largest absolute Gasteiger partial charge is 0.495 e. The van der Waals surface area contributed by atoms with E-state index >= 15 is 0 Å². The molecule has 3 heterocycles. The maximum absolute atomic E-state index is 13.0. The second kappa shape index (κ2) is 11.8. The van der Waals surface area contributed by atoms with Crippen LogP contribution in [0.15, 0.2) is 79.0 Å². The van der Waals surface area contributed by atoms with Gasteiger partial charge in [0, 0.05) is 30.6 Å². The highest BCUT2D eigenvalue weighted by Gasteiger charge is 2.41. The number of benzene rings is 2. The molecule has 1 aliphatic rings. The lowest BCUT2D eigenvalue weighted by Gasteiger charge is -2.28. The molecule has 210 valence electrons. The first kappa shape index (κ1) is 27.9. The summed E-state index contributed by atoms with van der Waals surface area (Å²) in [6.07, 6.45) is 1.93. The Kier molecular flexibility index (Phi) is 8.02. The number of pyridine rings is 1. The van der Waals surface area contributed by atoms with Gasteiger partial charge in [0.15, 0.2) is 5.11 Å². The van der Waals surface area contributed by atoms with Crippen molar-refractivity contribution >= 4 is 34.9 Å². The first-order chi connectivity index (χ1) is 19.8. The molecule has 0 unspecified atom stereocenters. The summed E-state index contributed by atoms with van der Waals surface area (Å²) < 4.78 is 7.32. The van der Waals surface area contributed by atoms with E-state index in [1.807, 2.05) is 59.7 Å². The van der Waals surface area contributed by atoms with E-state index in [4.69, 9.17) is 17.0 Å². The Morgan fingerprint density at radius 2 is 1.80 bits per heavy atom. The molecule has 0 bridgehead atoms. The van der Waals surface area contributed by atoms with Gasteiger partial charge in [-0.25, -0.2) is 4.79 Å². The van der Waals surface area contributed by atoms with E-state index in [-0.39, 0.29) is 30.0 Å². The lowest BCUT2D eigenvalue weighted by atomic mass is 9.96. The van der Waals surface area contributed by atoms with Crippen LogP contribution in [0.2, 0.25) is 0 Å². The van der Waals surface area contributed by atoms with Crippen LogP contribution in [0.5, 0.6) is 5.75 Å². The molecule has 0 saturated carbocycles. The summed E-state index contributed by atoms with van der Waals surface area (Å²) in [5, 5.41) is 16.7. The Balaban J connectivity index is 1.50. The van der Waals surface area contributed by atoms with Gasteiger partial charge in [-0.3, -0.25) is 9.78 Å². The van der Waals surface area contributed by atoms with Crippen molar-refractivity contribution in [2.75, 3.05) is 19.0 Å². The molecule has 41 heavy (non-hydrogen) atoms. The zero-order valence-corrected chi connectivity index (χ0v) is 23.8. The minimum atomic E-state index is -0.993. The second-order valence-corrected chi connectivity index (χ2v) is 10.2. The zero-order valence-electron chi connectivity index (χ0n) is 23.0. The summed E-state index contributed by atoms with van der Waals surface area (Å²) in [4.78, 5) is 31.7. The summed E-state index contributed by atoms with van der Waals surface area (Å²) in [5.74, 6) is -0.577. The summed E-state index contributed by atoms with van der Waals surface area (Å²) in [6.45, 7) is 4.29. The molecule has 2 aromatic heterocycles. The number of amides is 1. The number of para-hydroxylation sites is 3. The fourth-order valence-electron chi connectivity index (χ4n) is 5.47. The highest BCUT2D eigenvalue weighted by Crippen LogP contribution is 2.41. The van der Waals surface area contributed by atoms with E-state index in [9.17, 15) is 14.7 Å². The number of nitrogens with one attached hydrogen (secondary N) is 2. The van der Waals surface area contributed by atoms with E-state index in [2.05, 4.69) is 21.7 Å². The number of thiocarbonyl (C=S) groups is 1. The number of nitrogens with zero attached hydrogens (tertiary/aromatic N) is 3. The van der Waals surface area contributed by atoms with Gasteiger partial charge in [0.25, 0.3) is 0 Å². The number of methoxy groups -OCH3 is 1. The van der Waals surface area contributed by atoms with Crippen molar-refractivity contribution in [2.24, 2.45) is 0 Å². The molecule has 1 fully saturated rings. The van der Waals surface area contributed by atoms with Gasteiger partial charge >= 0.3 is 5.97 Å². The van der Waals surface area contributed by atoms with Crippen LogP contribution in [-0.4, -0.2) is 50.2 Å². The normalized spacial score (nSPS) is 16.4. The smallest absolute Gasteiger partial charge is 0.337 e. The molecule has 0 spiro atoms. The predicted molar refractivity (Wildman–Crippen MR) is 161 cm³/mol. The average molecular weight is 570 g/mol. The maximum atomic E-state index is 13.0. The minimum absolute atomic E-state index is 0.168. The van der Waals surface area contributed by atoms with Gasteiger partial charge in [-0.05, 0) is 74.1 Å². The molecule has 2 atom stereocenters. The van der Waals surface area contributed by atoms with Gasteiger partial charge in [-0.2, -0.15) is 0 Å². The topological polar surface area (TPSA) is 109 Å². The molecule has 9 nitrogen and oxygen atoms in total. The third-order valence-electron chi connectivity index (χ3n) is 7.32. The molecular weight excluding hydrogens is 538 g/mol. The Morgan fingerprint density at radius 3 is 2.54 bits per heavy atom. The number of aryl methyl sites for hydroxylation is 1. The second-order valence-electron chi connectivity index (χ2n) is 9.80. The number of carbonyl (C=O) groups is 2. The van der Waals surface area contributed by atoms with Crippen molar-refractivity contribution in [1.82, 2.24) is 19.8 Å². The van der Waals surface area contributed by atoms with Crippen LogP contribution in [0.3, 0.4) is 0 Å². The summed E-state index contributed by atoms with van der Waals surface area (Å²) >= 11 is 5.80. The molecule has 10 heteroatoms. The van der Waals surface area contributed by atoms with Crippen LogP contribution in [-0.2, 0) is 4.79 Å². The molecule has 2 aromatic carbocycles. The quantitative estimate of drug-likeness (QED) is 0.236. The fraction of sp³-hybridized carbons (Fsp3) is 0.226. The van der Waals surface area contributed by atoms with Crippen LogP contribution in [0, 0.1) is 13.8 Å². The average Bonchev–Trinajstić information content (AvgIpc) is 3.46. The van der Waals surface area contributed by atoms with E-state index in [1.54, 1.807) is 43.6 Å². The molecule has 4 aromatic rings. The van der Waals surface area contributed by atoms with Crippen molar-refractivity contribution in [2.45, 2.75) is 32.4 Å². The highest BCUT2D eigenvalue weighted by atomic mass is 32.1. The number of hydrogen-bond acceptors (Lipinski definition) is 5. The lowest BCUT2D eigenvalue weighted by Crippen LogP contribution is -2.33. The van der Waals surface area contributed by atoms with E-state index in [1.165, 1.54) is 0 Å². The molecule has 3 N–H and O–H groups in total. The summed E-state index contributed by atoms with van der Waals surface area (Å²) in [7, 11) is 1.56. The number of ether oxygens (including phenoxy) is 1. The monoisotopic (exact) mass is 569 g/mol.